The van der Waals surface area contributed by atoms with Gasteiger partial charge in [-0.1, -0.05) is 0 Å². The maximum Gasteiger partial charge on any atom is 0.328 e. The highest BCUT2D eigenvalue weighted by Crippen LogP contribution is 2.42. The number of sulfonamides is 1. The maximum atomic E-state index is 14.1. The van der Waals surface area contributed by atoms with Crippen molar-refractivity contribution in [3.05, 3.63) is 47.3 Å². The fraction of sp³-hybridized carbons (Fsp3) is 0.607. The number of halogens is 3. The molecule has 3 aliphatic rings. The Morgan fingerprint density at radius 2 is 1.53 bits per heavy atom. The Hall–Kier alpha value is -3.01. The van der Waals surface area contributed by atoms with Gasteiger partial charge in [0.1, 0.15) is 5.82 Å². The van der Waals surface area contributed by atoms with Crippen molar-refractivity contribution in [3.8, 4) is 0 Å². The second-order valence-corrected chi connectivity index (χ2v) is 13.1. The van der Waals surface area contributed by atoms with Crippen molar-refractivity contribution in [3.63, 3.8) is 0 Å². The normalized spacial score (nSPS) is 23.4. The van der Waals surface area contributed by atoms with Crippen LogP contribution in [0.5, 0.6) is 0 Å². The average molecular weight is 634 g/mol. The number of carboxylic acids is 2. The second kappa shape index (κ2) is 15.1. The van der Waals surface area contributed by atoms with Gasteiger partial charge in [-0.05, 0) is 62.5 Å². The number of carbonyl (C=O) groups excluding carboxylic acids is 1. The van der Waals surface area contributed by atoms with E-state index in [9.17, 15) is 36.0 Å². The van der Waals surface area contributed by atoms with Crippen molar-refractivity contribution in [1.29, 1.82) is 0 Å². The van der Waals surface area contributed by atoms with Gasteiger partial charge in [0.05, 0.1) is 5.75 Å². The zero-order valence-corrected chi connectivity index (χ0v) is 24.6. The number of piperidine rings is 1. The monoisotopic (exact) mass is 633 g/mol. The van der Waals surface area contributed by atoms with E-state index in [2.05, 4.69) is 0 Å². The van der Waals surface area contributed by atoms with E-state index in [4.69, 9.17) is 20.7 Å². The molecule has 4 rings (SSSR count). The first-order valence-electron chi connectivity index (χ1n) is 14.1. The minimum atomic E-state index is -3.58. The van der Waals surface area contributed by atoms with Crippen molar-refractivity contribution in [2.75, 3.05) is 32.6 Å². The minimum absolute atomic E-state index is 0.0241. The third kappa shape index (κ3) is 9.49. The Bertz CT molecular complexity index is 1280. The van der Waals surface area contributed by atoms with Crippen molar-refractivity contribution in [2.45, 2.75) is 63.1 Å². The third-order valence-corrected chi connectivity index (χ3v) is 10.1. The van der Waals surface area contributed by atoms with Gasteiger partial charge in [-0.3, -0.25) is 4.79 Å². The molecule has 3 saturated heterocycles. The van der Waals surface area contributed by atoms with Crippen molar-refractivity contribution < 1.29 is 50.9 Å². The van der Waals surface area contributed by atoms with Crippen LogP contribution in [0, 0.1) is 29.3 Å². The average Bonchev–Trinajstić information content (AvgIpc) is 3.24. The van der Waals surface area contributed by atoms with Gasteiger partial charge in [-0.25, -0.2) is 31.2 Å². The molecule has 4 N–H and O–H groups in total. The summed E-state index contributed by atoms with van der Waals surface area (Å²) in [5.41, 5.74) is 6.37. The molecule has 0 aliphatic carbocycles. The number of carboxylic acid groups (broad SMARTS) is 2. The molecule has 1 aromatic rings. The van der Waals surface area contributed by atoms with Gasteiger partial charge in [0.2, 0.25) is 15.9 Å². The van der Waals surface area contributed by atoms with Crippen molar-refractivity contribution >= 4 is 27.9 Å². The van der Waals surface area contributed by atoms with Crippen LogP contribution in [0.15, 0.2) is 24.3 Å². The summed E-state index contributed by atoms with van der Waals surface area (Å²) >= 11 is 0. The number of nitrogens with zero attached hydrogens (tertiary/aromatic N) is 2. The lowest BCUT2D eigenvalue weighted by molar-refractivity contribution is -0.137. The zero-order valence-electron chi connectivity index (χ0n) is 23.8. The van der Waals surface area contributed by atoms with Crippen LogP contribution in [0.25, 0.3) is 0 Å². The molecule has 1 aromatic carbocycles. The van der Waals surface area contributed by atoms with Crippen molar-refractivity contribution in [2.24, 2.45) is 17.6 Å². The molecular formula is C28H38F3N3O8S. The predicted molar refractivity (Wildman–Crippen MR) is 149 cm³/mol. The first-order chi connectivity index (χ1) is 20.2. The van der Waals surface area contributed by atoms with Crippen LogP contribution >= 0.6 is 0 Å². The Balaban J connectivity index is 0.000000557. The van der Waals surface area contributed by atoms with Crippen LogP contribution < -0.4 is 5.73 Å². The lowest BCUT2D eigenvalue weighted by Crippen LogP contribution is -2.51. The minimum Gasteiger partial charge on any atom is -0.478 e. The Kier molecular flexibility index (Phi) is 12.1. The molecular weight excluding hydrogens is 595 g/mol. The molecule has 43 heavy (non-hydrogen) atoms. The number of hydrogen-bond acceptors (Lipinski definition) is 7. The summed E-state index contributed by atoms with van der Waals surface area (Å²) in [6.45, 7) is 1.23. The molecule has 0 spiro atoms. The van der Waals surface area contributed by atoms with E-state index >= 15 is 0 Å². The summed E-state index contributed by atoms with van der Waals surface area (Å²) in [5, 5.41) is 15.6. The molecule has 0 saturated carbocycles. The summed E-state index contributed by atoms with van der Waals surface area (Å²) in [6.07, 6.45) is 5.01. The van der Waals surface area contributed by atoms with Crippen LogP contribution in [-0.4, -0.2) is 96.4 Å². The van der Waals surface area contributed by atoms with E-state index in [0.717, 1.165) is 18.9 Å². The lowest BCUT2D eigenvalue weighted by atomic mass is 9.83. The zero-order chi connectivity index (χ0) is 31.9. The highest BCUT2D eigenvalue weighted by molar-refractivity contribution is 7.89. The molecule has 1 amide bonds. The smallest absolute Gasteiger partial charge is 0.328 e. The number of amides is 1. The van der Waals surface area contributed by atoms with Crippen LogP contribution in [0.3, 0.4) is 0 Å². The summed E-state index contributed by atoms with van der Waals surface area (Å²) in [4.78, 5) is 33.3. The maximum absolute atomic E-state index is 14.1. The molecule has 2 bridgehead atoms. The molecule has 0 radical (unpaired) electrons. The van der Waals surface area contributed by atoms with Crippen molar-refractivity contribution in [1.82, 2.24) is 9.21 Å². The summed E-state index contributed by atoms with van der Waals surface area (Å²) in [6, 6.07) is 0.490. The fourth-order valence-electron chi connectivity index (χ4n) is 5.99. The second-order valence-electron chi connectivity index (χ2n) is 11.1. The lowest BCUT2D eigenvalue weighted by Gasteiger charge is -2.40. The number of benzene rings is 1. The number of aliphatic carboxylic acids is 2. The topological polar surface area (TPSA) is 168 Å². The summed E-state index contributed by atoms with van der Waals surface area (Å²) in [7, 11) is -1.94. The number of carbonyl (C=O) groups is 3. The number of hydrogen-bond donors (Lipinski definition) is 3. The Labute approximate surface area is 248 Å². The largest absolute Gasteiger partial charge is 0.478 e. The van der Waals surface area contributed by atoms with Gasteiger partial charge in [0, 0.05) is 69.1 Å². The third-order valence-electron chi connectivity index (χ3n) is 8.17. The summed E-state index contributed by atoms with van der Waals surface area (Å²) < 4.78 is 74.3. The van der Waals surface area contributed by atoms with Crippen LogP contribution in [0.4, 0.5) is 13.2 Å². The van der Waals surface area contributed by atoms with Gasteiger partial charge in [-0.2, -0.15) is 4.31 Å². The Morgan fingerprint density at radius 1 is 1.00 bits per heavy atom. The van der Waals surface area contributed by atoms with Gasteiger partial charge in [0.15, 0.2) is 11.6 Å². The van der Waals surface area contributed by atoms with E-state index in [-0.39, 0.29) is 54.1 Å². The van der Waals surface area contributed by atoms with E-state index in [0.29, 0.717) is 57.1 Å². The number of ether oxygens (including phenoxy) is 1. The van der Waals surface area contributed by atoms with Gasteiger partial charge >= 0.3 is 11.9 Å². The quantitative estimate of drug-likeness (QED) is 0.258. The first-order valence-corrected chi connectivity index (χ1v) is 15.7. The Morgan fingerprint density at radius 3 is 2.07 bits per heavy atom. The van der Waals surface area contributed by atoms with Crippen LogP contribution in [0.2, 0.25) is 0 Å². The molecule has 3 heterocycles. The number of rotatable bonds is 10. The van der Waals surface area contributed by atoms with Gasteiger partial charge in [-0.15, -0.1) is 0 Å². The molecule has 0 aromatic heterocycles. The highest BCUT2D eigenvalue weighted by atomic mass is 32.2. The molecule has 240 valence electrons. The highest BCUT2D eigenvalue weighted by Gasteiger charge is 2.47. The molecule has 3 aliphatic heterocycles. The van der Waals surface area contributed by atoms with E-state index < -0.39 is 45.5 Å². The molecule has 11 nitrogen and oxygen atoms in total. The molecule has 15 heteroatoms. The molecule has 3 fully saturated rings. The van der Waals surface area contributed by atoms with Crippen LogP contribution in [0.1, 0.15) is 44.1 Å². The SMILES string of the molecule is CN(CCS(=O)(=O)N1C2CCC1CC([C@H](N)Cc1cc(F)c(F)cc1F)C2)C(=O)C1CCOCC1.O=C(O)/C=C\C(=O)O. The van der Waals surface area contributed by atoms with E-state index in [1.54, 1.807) is 11.4 Å². The molecule has 3 atom stereocenters. The fourth-order valence-corrected chi connectivity index (χ4v) is 7.99. The summed E-state index contributed by atoms with van der Waals surface area (Å²) in [5.74, 6) is -6.05. The van der Waals surface area contributed by atoms with Gasteiger partial charge < -0.3 is 25.6 Å². The number of nitrogens with two attached hydrogens (primary N) is 1. The number of fused-ring (bicyclic) bond motifs is 2. The van der Waals surface area contributed by atoms with E-state index in [1.165, 1.54) is 4.90 Å². The predicted octanol–water partition coefficient (Wildman–Crippen LogP) is 2.14. The van der Waals surface area contributed by atoms with Gasteiger partial charge in [0.25, 0.3) is 0 Å². The van der Waals surface area contributed by atoms with E-state index in [1.807, 2.05) is 0 Å². The molecule has 2 unspecified atom stereocenters. The van der Waals surface area contributed by atoms with Crippen LogP contribution in [-0.2, 0) is 35.6 Å². The first kappa shape index (κ1) is 34.5. The standard InChI is InChI=1S/C24H34F3N3O4S.C4H4O4/c1-29(24(31)15-4-7-34-8-5-15)6-9-35(32,33)30-18-2-3-19(30)11-17(10-18)23(28)13-16-12-21(26)22(27)14-20(16)25;5-3(6)1-2-4(7)8/h12,14-15,17-19,23H,2-11,13,28H2,1H3;1-2H,(H,5,6)(H,7,8)/b;2-1-/t17?,18?,19?,23-;/m1./s1.